The summed E-state index contributed by atoms with van der Waals surface area (Å²) in [7, 11) is 0. The molecule has 0 spiro atoms. The fraction of sp³-hybridized carbons (Fsp3) is 0.364. The number of nitriles is 1. The minimum absolute atomic E-state index is 0.558. The summed E-state index contributed by atoms with van der Waals surface area (Å²) in [6.45, 7) is 1.66. The third kappa shape index (κ3) is 3.31. The lowest BCUT2D eigenvalue weighted by atomic mass is 10.2. The van der Waals surface area contributed by atoms with Gasteiger partial charge in [0.05, 0.1) is 12.5 Å². The molecule has 0 bridgehead atoms. The summed E-state index contributed by atoms with van der Waals surface area (Å²) >= 11 is 4.21. The van der Waals surface area contributed by atoms with Crippen LogP contribution in [0.3, 0.4) is 0 Å². The van der Waals surface area contributed by atoms with E-state index in [0.717, 1.165) is 24.5 Å². The highest BCUT2D eigenvalue weighted by Gasteiger charge is 2.03. The molecule has 0 aliphatic carbocycles. The Bertz CT molecular complexity index is 292. The molecule has 0 fully saturated rings. The molecule has 0 N–H and O–H groups in total. The van der Waals surface area contributed by atoms with Crippen LogP contribution in [0, 0.1) is 11.3 Å². The van der Waals surface area contributed by atoms with Crippen molar-refractivity contribution in [2.75, 3.05) is 23.7 Å². The molecule has 2 nitrogen and oxygen atoms in total. The summed E-state index contributed by atoms with van der Waals surface area (Å²) in [5.74, 6) is 0.806. The number of hydrogen-bond donors (Lipinski definition) is 1. The second kappa shape index (κ2) is 6.33. The van der Waals surface area contributed by atoms with Crippen molar-refractivity contribution in [3.05, 3.63) is 30.3 Å². The zero-order chi connectivity index (χ0) is 10.2. The van der Waals surface area contributed by atoms with E-state index in [2.05, 4.69) is 35.7 Å². The first kappa shape index (κ1) is 10.9. The quantitative estimate of drug-likeness (QED) is 0.749. The van der Waals surface area contributed by atoms with Crippen LogP contribution in [0.15, 0.2) is 30.3 Å². The minimum atomic E-state index is 0.558. The summed E-state index contributed by atoms with van der Waals surface area (Å²) in [6.07, 6.45) is 0.558. The lowest BCUT2D eigenvalue weighted by molar-refractivity contribution is 0.833. The average molecular weight is 206 g/mol. The van der Waals surface area contributed by atoms with Gasteiger partial charge >= 0.3 is 0 Å². The maximum Gasteiger partial charge on any atom is 0.0640 e. The Labute approximate surface area is 90.6 Å². The van der Waals surface area contributed by atoms with E-state index in [4.69, 9.17) is 5.26 Å². The molecule has 0 saturated heterocycles. The van der Waals surface area contributed by atoms with E-state index in [1.807, 2.05) is 18.2 Å². The maximum absolute atomic E-state index is 8.53. The van der Waals surface area contributed by atoms with Crippen LogP contribution in [-0.4, -0.2) is 18.8 Å². The van der Waals surface area contributed by atoms with Crippen LogP contribution in [0.1, 0.15) is 6.42 Å². The van der Waals surface area contributed by atoms with Crippen LogP contribution in [0.5, 0.6) is 0 Å². The van der Waals surface area contributed by atoms with Crippen molar-refractivity contribution in [1.29, 1.82) is 5.26 Å². The number of nitrogens with zero attached hydrogens (tertiary/aromatic N) is 2. The smallest absolute Gasteiger partial charge is 0.0640 e. The molecule has 0 aromatic heterocycles. The Morgan fingerprint density at radius 1 is 1.21 bits per heavy atom. The van der Waals surface area contributed by atoms with Crippen molar-refractivity contribution in [3.63, 3.8) is 0 Å². The monoisotopic (exact) mass is 206 g/mol. The first-order valence-electron chi connectivity index (χ1n) is 4.66. The molecule has 0 atom stereocenters. The van der Waals surface area contributed by atoms with E-state index >= 15 is 0 Å². The predicted molar refractivity (Wildman–Crippen MR) is 62.7 cm³/mol. The molecule has 0 heterocycles. The molecule has 1 rings (SSSR count). The zero-order valence-electron chi connectivity index (χ0n) is 8.06. The van der Waals surface area contributed by atoms with Gasteiger partial charge in [-0.25, -0.2) is 0 Å². The van der Waals surface area contributed by atoms with E-state index in [9.17, 15) is 0 Å². The van der Waals surface area contributed by atoms with Gasteiger partial charge in [-0.2, -0.15) is 17.9 Å². The van der Waals surface area contributed by atoms with Crippen molar-refractivity contribution in [1.82, 2.24) is 0 Å². The van der Waals surface area contributed by atoms with E-state index < -0.39 is 0 Å². The summed E-state index contributed by atoms with van der Waals surface area (Å²) < 4.78 is 0. The van der Waals surface area contributed by atoms with Gasteiger partial charge in [-0.05, 0) is 12.1 Å². The number of para-hydroxylation sites is 1. The molecule has 1 aromatic carbocycles. The number of thiol groups is 1. The minimum Gasteiger partial charge on any atom is -0.370 e. The number of benzene rings is 1. The lowest BCUT2D eigenvalue weighted by Crippen LogP contribution is -2.26. The van der Waals surface area contributed by atoms with E-state index in [1.54, 1.807) is 0 Å². The van der Waals surface area contributed by atoms with Crippen LogP contribution in [0.2, 0.25) is 0 Å². The molecule has 74 valence electrons. The van der Waals surface area contributed by atoms with E-state index in [0.29, 0.717) is 6.42 Å². The van der Waals surface area contributed by atoms with Crippen LogP contribution >= 0.6 is 12.6 Å². The SMILES string of the molecule is N#CCCN(CCS)c1ccccc1. The van der Waals surface area contributed by atoms with Gasteiger partial charge < -0.3 is 4.90 Å². The first-order chi connectivity index (χ1) is 6.88. The van der Waals surface area contributed by atoms with Gasteiger partial charge in [-0.15, -0.1) is 0 Å². The Kier molecular flexibility index (Phi) is 4.95. The average Bonchev–Trinajstić information content (AvgIpc) is 2.25. The number of anilines is 1. The van der Waals surface area contributed by atoms with E-state index in [-0.39, 0.29) is 0 Å². The molecule has 0 unspecified atom stereocenters. The van der Waals surface area contributed by atoms with Crippen LogP contribution in [0.25, 0.3) is 0 Å². The Hall–Kier alpha value is -1.14. The van der Waals surface area contributed by atoms with Gasteiger partial charge in [0.2, 0.25) is 0 Å². The predicted octanol–water partition coefficient (Wildman–Crippen LogP) is 2.34. The molecule has 0 saturated carbocycles. The zero-order valence-corrected chi connectivity index (χ0v) is 8.95. The molecule has 3 heteroatoms. The largest absolute Gasteiger partial charge is 0.370 e. The summed E-state index contributed by atoms with van der Waals surface area (Å²) in [6, 6.07) is 12.3. The fourth-order valence-corrected chi connectivity index (χ4v) is 1.56. The van der Waals surface area contributed by atoms with Crippen molar-refractivity contribution < 1.29 is 0 Å². The summed E-state index contributed by atoms with van der Waals surface area (Å²) in [4.78, 5) is 2.18. The van der Waals surface area contributed by atoms with Crippen LogP contribution in [-0.2, 0) is 0 Å². The Morgan fingerprint density at radius 3 is 2.50 bits per heavy atom. The number of hydrogen-bond acceptors (Lipinski definition) is 3. The van der Waals surface area contributed by atoms with Gasteiger partial charge in [0.15, 0.2) is 0 Å². The molecule has 0 aliphatic rings. The van der Waals surface area contributed by atoms with Gasteiger partial charge in [0, 0.05) is 24.5 Å². The first-order valence-corrected chi connectivity index (χ1v) is 5.29. The van der Waals surface area contributed by atoms with Crippen molar-refractivity contribution >= 4 is 18.3 Å². The van der Waals surface area contributed by atoms with Crippen LogP contribution < -0.4 is 4.90 Å². The normalized spacial score (nSPS) is 9.43. The molecule has 0 aliphatic heterocycles. The molecular weight excluding hydrogens is 192 g/mol. The molecular formula is C11H14N2S. The Morgan fingerprint density at radius 2 is 1.93 bits per heavy atom. The second-order valence-electron chi connectivity index (χ2n) is 2.95. The van der Waals surface area contributed by atoms with Gasteiger partial charge in [0.25, 0.3) is 0 Å². The third-order valence-corrected chi connectivity index (χ3v) is 2.18. The standard InChI is InChI=1S/C11H14N2S/c12-7-4-8-13(9-10-14)11-5-2-1-3-6-11/h1-3,5-6,14H,4,8-10H2. The van der Waals surface area contributed by atoms with Crippen molar-refractivity contribution in [2.24, 2.45) is 0 Å². The second-order valence-corrected chi connectivity index (χ2v) is 3.40. The highest BCUT2D eigenvalue weighted by Crippen LogP contribution is 2.13. The van der Waals surface area contributed by atoms with E-state index in [1.165, 1.54) is 0 Å². The molecule has 0 radical (unpaired) electrons. The van der Waals surface area contributed by atoms with Gasteiger partial charge in [-0.3, -0.25) is 0 Å². The number of rotatable bonds is 5. The molecule has 14 heavy (non-hydrogen) atoms. The topological polar surface area (TPSA) is 27.0 Å². The molecule has 0 amide bonds. The van der Waals surface area contributed by atoms with Crippen LogP contribution in [0.4, 0.5) is 5.69 Å². The van der Waals surface area contributed by atoms with Crippen molar-refractivity contribution in [2.45, 2.75) is 6.42 Å². The fourth-order valence-electron chi connectivity index (χ4n) is 1.31. The maximum atomic E-state index is 8.53. The van der Waals surface area contributed by atoms with Gasteiger partial charge in [0.1, 0.15) is 0 Å². The third-order valence-electron chi connectivity index (χ3n) is 1.98. The highest BCUT2D eigenvalue weighted by molar-refractivity contribution is 7.80. The Balaban J connectivity index is 2.63. The summed E-state index contributed by atoms with van der Waals surface area (Å²) in [5.41, 5.74) is 1.16. The van der Waals surface area contributed by atoms with Crippen molar-refractivity contribution in [3.8, 4) is 6.07 Å². The lowest BCUT2D eigenvalue weighted by Gasteiger charge is -2.22. The summed E-state index contributed by atoms with van der Waals surface area (Å²) in [5, 5.41) is 8.53. The molecule has 1 aromatic rings. The highest BCUT2D eigenvalue weighted by atomic mass is 32.1. The van der Waals surface area contributed by atoms with Gasteiger partial charge in [-0.1, -0.05) is 18.2 Å².